The summed E-state index contributed by atoms with van der Waals surface area (Å²) in [5.74, 6) is -0.0441. The molecular formula is C12H25N3O2. The fraction of sp³-hybridized carbons (Fsp3) is 0.833. The number of nitrogens with zero attached hydrogens (tertiary/aromatic N) is 1. The number of hydrogen-bond donors (Lipinski definition) is 2. The third kappa shape index (κ3) is 7.60. The van der Waals surface area contributed by atoms with Gasteiger partial charge in [0.1, 0.15) is 0 Å². The lowest BCUT2D eigenvalue weighted by atomic mass is 10.1. The van der Waals surface area contributed by atoms with Crippen LogP contribution in [0.2, 0.25) is 0 Å². The Bertz CT molecular complexity index is 255. The molecule has 0 saturated carbocycles. The predicted octanol–water partition coefficient (Wildman–Crippen LogP) is 1.34. The SMILES string of the molecule is CCN(CC)C(=O)NCCC(=O)NC(C)(C)C. The molecular weight excluding hydrogens is 218 g/mol. The van der Waals surface area contributed by atoms with E-state index in [0.717, 1.165) is 0 Å². The van der Waals surface area contributed by atoms with Crippen LogP contribution in [0.25, 0.3) is 0 Å². The molecule has 0 aromatic carbocycles. The molecule has 0 radical (unpaired) electrons. The van der Waals surface area contributed by atoms with Crippen LogP contribution in [0.5, 0.6) is 0 Å². The van der Waals surface area contributed by atoms with Gasteiger partial charge < -0.3 is 15.5 Å². The number of carbonyl (C=O) groups is 2. The van der Waals surface area contributed by atoms with Crippen molar-refractivity contribution >= 4 is 11.9 Å². The van der Waals surface area contributed by atoms with Crippen LogP contribution in [0.4, 0.5) is 4.79 Å². The van der Waals surface area contributed by atoms with Gasteiger partial charge in [-0.3, -0.25) is 4.79 Å². The highest BCUT2D eigenvalue weighted by atomic mass is 16.2. The normalized spacial score (nSPS) is 10.9. The van der Waals surface area contributed by atoms with Crippen molar-refractivity contribution in [1.29, 1.82) is 0 Å². The first-order chi connectivity index (χ1) is 7.80. The minimum absolute atomic E-state index is 0.0441. The van der Waals surface area contributed by atoms with Gasteiger partial charge in [-0.15, -0.1) is 0 Å². The summed E-state index contributed by atoms with van der Waals surface area (Å²) < 4.78 is 0. The van der Waals surface area contributed by atoms with E-state index in [0.29, 0.717) is 26.1 Å². The third-order valence-electron chi connectivity index (χ3n) is 2.19. The lowest BCUT2D eigenvalue weighted by Gasteiger charge is -2.21. The van der Waals surface area contributed by atoms with Gasteiger partial charge in [0.05, 0.1) is 0 Å². The Kier molecular flexibility index (Phi) is 6.61. The molecule has 17 heavy (non-hydrogen) atoms. The molecule has 3 amide bonds. The molecule has 5 heteroatoms. The molecule has 0 aromatic rings. The second-order valence-corrected chi connectivity index (χ2v) is 4.95. The van der Waals surface area contributed by atoms with Crippen LogP contribution < -0.4 is 10.6 Å². The fourth-order valence-corrected chi connectivity index (χ4v) is 1.39. The molecule has 0 rings (SSSR count). The minimum Gasteiger partial charge on any atom is -0.351 e. The molecule has 0 saturated heterocycles. The average molecular weight is 243 g/mol. The van der Waals surface area contributed by atoms with Crippen LogP contribution in [0, 0.1) is 0 Å². The second-order valence-electron chi connectivity index (χ2n) is 4.95. The zero-order valence-electron chi connectivity index (χ0n) is 11.6. The van der Waals surface area contributed by atoms with Crippen molar-refractivity contribution in [2.75, 3.05) is 19.6 Å². The number of amides is 3. The van der Waals surface area contributed by atoms with Crippen molar-refractivity contribution in [3.05, 3.63) is 0 Å². The van der Waals surface area contributed by atoms with Crippen LogP contribution in [0.1, 0.15) is 41.0 Å². The molecule has 5 nitrogen and oxygen atoms in total. The summed E-state index contributed by atoms with van der Waals surface area (Å²) in [6, 6.07) is -0.112. The maximum absolute atomic E-state index is 11.6. The van der Waals surface area contributed by atoms with Crippen molar-refractivity contribution in [2.45, 2.75) is 46.6 Å². The maximum Gasteiger partial charge on any atom is 0.317 e. The van der Waals surface area contributed by atoms with Gasteiger partial charge in [-0.2, -0.15) is 0 Å². The lowest BCUT2D eigenvalue weighted by molar-refractivity contribution is -0.122. The fourth-order valence-electron chi connectivity index (χ4n) is 1.39. The summed E-state index contributed by atoms with van der Waals surface area (Å²) >= 11 is 0. The molecule has 0 spiro atoms. The first kappa shape index (κ1) is 15.7. The number of rotatable bonds is 5. The largest absolute Gasteiger partial charge is 0.351 e. The summed E-state index contributed by atoms with van der Waals surface area (Å²) in [6.07, 6.45) is 0.310. The molecule has 0 heterocycles. The van der Waals surface area contributed by atoms with Crippen molar-refractivity contribution in [2.24, 2.45) is 0 Å². The van der Waals surface area contributed by atoms with E-state index in [1.807, 2.05) is 34.6 Å². The van der Waals surface area contributed by atoms with Gasteiger partial charge in [-0.1, -0.05) is 0 Å². The Hall–Kier alpha value is -1.26. The van der Waals surface area contributed by atoms with Crippen molar-refractivity contribution in [3.63, 3.8) is 0 Å². The minimum atomic E-state index is -0.222. The van der Waals surface area contributed by atoms with Crippen molar-refractivity contribution in [1.82, 2.24) is 15.5 Å². The lowest BCUT2D eigenvalue weighted by Crippen LogP contribution is -2.44. The summed E-state index contributed by atoms with van der Waals surface area (Å²) in [4.78, 5) is 24.7. The Balaban J connectivity index is 3.84. The topological polar surface area (TPSA) is 61.4 Å². The summed E-state index contributed by atoms with van der Waals surface area (Å²) in [7, 11) is 0. The van der Waals surface area contributed by atoms with Crippen LogP contribution in [0.15, 0.2) is 0 Å². The smallest absolute Gasteiger partial charge is 0.317 e. The van der Waals surface area contributed by atoms with E-state index < -0.39 is 0 Å². The highest BCUT2D eigenvalue weighted by molar-refractivity contribution is 5.78. The predicted molar refractivity (Wildman–Crippen MR) is 68.8 cm³/mol. The monoisotopic (exact) mass is 243 g/mol. The van der Waals surface area contributed by atoms with Crippen LogP contribution >= 0.6 is 0 Å². The van der Waals surface area contributed by atoms with Crippen LogP contribution in [-0.2, 0) is 4.79 Å². The Labute approximate surface area is 104 Å². The van der Waals surface area contributed by atoms with E-state index in [2.05, 4.69) is 10.6 Å². The zero-order chi connectivity index (χ0) is 13.5. The number of nitrogens with one attached hydrogen (secondary N) is 2. The van der Waals surface area contributed by atoms with Crippen molar-refractivity contribution < 1.29 is 9.59 Å². The Morgan fingerprint density at radius 2 is 1.65 bits per heavy atom. The van der Waals surface area contributed by atoms with Crippen LogP contribution in [0.3, 0.4) is 0 Å². The molecule has 2 N–H and O–H groups in total. The molecule has 0 bridgehead atoms. The highest BCUT2D eigenvalue weighted by Gasteiger charge is 2.14. The number of hydrogen-bond acceptors (Lipinski definition) is 2. The van der Waals surface area contributed by atoms with Gasteiger partial charge in [0.15, 0.2) is 0 Å². The molecule has 0 fully saturated rings. The number of urea groups is 1. The van der Waals surface area contributed by atoms with Gasteiger partial charge in [-0.05, 0) is 34.6 Å². The maximum atomic E-state index is 11.6. The molecule has 0 aromatic heterocycles. The van der Waals surface area contributed by atoms with Gasteiger partial charge in [0, 0.05) is 31.6 Å². The molecule has 0 aliphatic heterocycles. The highest BCUT2D eigenvalue weighted by Crippen LogP contribution is 1.98. The van der Waals surface area contributed by atoms with E-state index in [-0.39, 0.29) is 17.5 Å². The van der Waals surface area contributed by atoms with E-state index in [9.17, 15) is 9.59 Å². The Morgan fingerprint density at radius 3 is 2.06 bits per heavy atom. The van der Waals surface area contributed by atoms with E-state index >= 15 is 0 Å². The van der Waals surface area contributed by atoms with E-state index in [1.165, 1.54) is 0 Å². The summed E-state index contributed by atoms with van der Waals surface area (Å²) in [5.41, 5.74) is -0.222. The summed E-state index contributed by atoms with van der Waals surface area (Å²) in [6.45, 7) is 11.4. The Morgan fingerprint density at radius 1 is 1.12 bits per heavy atom. The van der Waals surface area contributed by atoms with Gasteiger partial charge >= 0.3 is 6.03 Å². The van der Waals surface area contributed by atoms with Gasteiger partial charge in [0.25, 0.3) is 0 Å². The first-order valence-corrected chi connectivity index (χ1v) is 6.14. The van der Waals surface area contributed by atoms with E-state index in [1.54, 1.807) is 4.90 Å². The molecule has 100 valence electrons. The van der Waals surface area contributed by atoms with Crippen LogP contribution in [-0.4, -0.2) is 42.0 Å². The molecule has 0 atom stereocenters. The molecule has 0 unspecified atom stereocenters. The number of carbonyl (C=O) groups excluding carboxylic acids is 2. The van der Waals surface area contributed by atoms with Crippen molar-refractivity contribution in [3.8, 4) is 0 Å². The molecule has 0 aliphatic carbocycles. The average Bonchev–Trinajstić information content (AvgIpc) is 2.16. The second kappa shape index (κ2) is 7.14. The van der Waals surface area contributed by atoms with E-state index in [4.69, 9.17) is 0 Å². The standard InChI is InChI=1S/C12H25N3O2/c1-6-15(7-2)11(17)13-9-8-10(16)14-12(3,4)5/h6-9H2,1-5H3,(H,13,17)(H,14,16). The quantitative estimate of drug-likeness (QED) is 0.765. The van der Waals surface area contributed by atoms with Gasteiger partial charge in [0.2, 0.25) is 5.91 Å². The summed E-state index contributed by atoms with van der Waals surface area (Å²) in [5, 5.41) is 5.57. The molecule has 0 aliphatic rings. The van der Waals surface area contributed by atoms with Gasteiger partial charge in [-0.25, -0.2) is 4.79 Å². The zero-order valence-corrected chi connectivity index (χ0v) is 11.6. The first-order valence-electron chi connectivity index (χ1n) is 6.14. The third-order valence-corrected chi connectivity index (χ3v) is 2.19.